The summed E-state index contributed by atoms with van der Waals surface area (Å²) in [5.41, 5.74) is 0.277. The zero-order valence-electron chi connectivity index (χ0n) is 13.1. The third-order valence-electron chi connectivity index (χ3n) is 4.03. The molecule has 0 bridgehead atoms. The standard InChI is InChI=1S/C15H20N4O3/c1-9(2)15(4,7-13(20)21)16-14(22)11-5-6-12-18-17-10(3)19(12)8-11/h5-6,8-9H,7H2,1-4H3,(H,16,22)(H,20,21). The van der Waals surface area contributed by atoms with E-state index in [0.29, 0.717) is 17.0 Å². The molecule has 2 heterocycles. The van der Waals surface area contributed by atoms with Crippen molar-refractivity contribution >= 4 is 17.5 Å². The minimum atomic E-state index is -0.943. The van der Waals surface area contributed by atoms with E-state index in [-0.39, 0.29) is 18.2 Å². The number of hydrogen-bond donors (Lipinski definition) is 2. The number of amides is 1. The average molecular weight is 304 g/mol. The minimum Gasteiger partial charge on any atom is -0.481 e. The summed E-state index contributed by atoms with van der Waals surface area (Å²) in [6, 6.07) is 3.36. The van der Waals surface area contributed by atoms with Crippen LogP contribution in [0.4, 0.5) is 0 Å². The summed E-state index contributed by atoms with van der Waals surface area (Å²) >= 11 is 0. The van der Waals surface area contributed by atoms with Crippen LogP contribution in [0, 0.1) is 12.8 Å². The van der Waals surface area contributed by atoms with Gasteiger partial charge in [-0.15, -0.1) is 10.2 Å². The zero-order chi connectivity index (χ0) is 16.5. The molecule has 2 rings (SSSR count). The Morgan fingerprint density at radius 2 is 2.05 bits per heavy atom. The van der Waals surface area contributed by atoms with Crippen LogP contribution in [0.15, 0.2) is 18.3 Å². The number of hydrogen-bond acceptors (Lipinski definition) is 4. The van der Waals surface area contributed by atoms with Crippen LogP contribution >= 0.6 is 0 Å². The van der Waals surface area contributed by atoms with Crippen LogP contribution in [0.5, 0.6) is 0 Å². The first-order chi connectivity index (χ1) is 10.2. The van der Waals surface area contributed by atoms with E-state index >= 15 is 0 Å². The molecule has 0 radical (unpaired) electrons. The Bertz CT molecular complexity index is 723. The Morgan fingerprint density at radius 3 is 2.64 bits per heavy atom. The molecule has 1 amide bonds. The summed E-state index contributed by atoms with van der Waals surface area (Å²) in [5, 5.41) is 19.8. The Hall–Kier alpha value is -2.44. The van der Waals surface area contributed by atoms with Crippen molar-refractivity contribution in [1.82, 2.24) is 19.9 Å². The highest BCUT2D eigenvalue weighted by molar-refractivity contribution is 5.95. The molecule has 7 nitrogen and oxygen atoms in total. The lowest BCUT2D eigenvalue weighted by Crippen LogP contribution is -2.51. The number of carboxylic acids is 1. The summed E-state index contributed by atoms with van der Waals surface area (Å²) in [4.78, 5) is 23.5. The molecule has 1 unspecified atom stereocenters. The fraction of sp³-hybridized carbons (Fsp3) is 0.467. The molecule has 0 aliphatic carbocycles. The van der Waals surface area contributed by atoms with Gasteiger partial charge in [0.15, 0.2) is 5.65 Å². The number of rotatable bonds is 5. The highest BCUT2D eigenvalue weighted by Crippen LogP contribution is 2.21. The Labute approximate surface area is 128 Å². The van der Waals surface area contributed by atoms with E-state index in [4.69, 9.17) is 5.11 Å². The molecule has 2 aromatic heterocycles. The predicted molar refractivity (Wildman–Crippen MR) is 80.7 cm³/mol. The Balaban J connectivity index is 2.28. The van der Waals surface area contributed by atoms with Gasteiger partial charge in [-0.1, -0.05) is 13.8 Å². The van der Waals surface area contributed by atoms with Crippen LogP contribution in [0.1, 0.15) is 43.4 Å². The van der Waals surface area contributed by atoms with Gasteiger partial charge in [0, 0.05) is 6.20 Å². The van der Waals surface area contributed by atoms with Crippen molar-refractivity contribution in [2.24, 2.45) is 5.92 Å². The molecule has 2 aromatic rings. The average Bonchev–Trinajstić information content (AvgIpc) is 2.78. The number of nitrogens with one attached hydrogen (secondary N) is 1. The van der Waals surface area contributed by atoms with Crippen molar-refractivity contribution in [3.05, 3.63) is 29.7 Å². The molecule has 22 heavy (non-hydrogen) atoms. The molecule has 0 spiro atoms. The number of nitrogens with zero attached hydrogens (tertiary/aromatic N) is 3. The van der Waals surface area contributed by atoms with E-state index < -0.39 is 11.5 Å². The minimum absolute atomic E-state index is 0.0204. The van der Waals surface area contributed by atoms with Crippen LogP contribution in [0.3, 0.4) is 0 Å². The highest BCUT2D eigenvalue weighted by Gasteiger charge is 2.33. The fourth-order valence-electron chi connectivity index (χ4n) is 2.18. The number of aromatic nitrogens is 3. The third kappa shape index (κ3) is 3.08. The normalized spacial score (nSPS) is 14.0. The van der Waals surface area contributed by atoms with Crippen LogP contribution in [-0.2, 0) is 4.79 Å². The quantitative estimate of drug-likeness (QED) is 0.875. The second-order valence-corrected chi connectivity index (χ2v) is 5.99. The number of carboxylic acid groups (broad SMARTS) is 1. The molecule has 1 atom stereocenters. The SMILES string of the molecule is Cc1nnc2ccc(C(=O)NC(C)(CC(=O)O)C(C)C)cn12. The number of carbonyl (C=O) groups is 2. The first-order valence-corrected chi connectivity index (χ1v) is 7.08. The summed E-state index contributed by atoms with van der Waals surface area (Å²) < 4.78 is 1.72. The Morgan fingerprint density at radius 1 is 1.36 bits per heavy atom. The first kappa shape index (κ1) is 15.9. The molecule has 0 aliphatic heterocycles. The van der Waals surface area contributed by atoms with Crippen molar-refractivity contribution in [2.75, 3.05) is 0 Å². The van der Waals surface area contributed by atoms with E-state index in [9.17, 15) is 9.59 Å². The molecule has 0 aromatic carbocycles. The van der Waals surface area contributed by atoms with Gasteiger partial charge in [-0.2, -0.15) is 0 Å². The maximum Gasteiger partial charge on any atom is 0.305 e. The lowest BCUT2D eigenvalue weighted by Gasteiger charge is -2.33. The number of carbonyl (C=O) groups excluding carboxylic acids is 1. The van der Waals surface area contributed by atoms with Gasteiger partial charge < -0.3 is 10.4 Å². The van der Waals surface area contributed by atoms with Gasteiger partial charge in [0.2, 0.25) is 0 Å². The van der Waals surface area contributed by atoms with Gasteiger partial charge in [0.25, 0.3) is 5.91 Å². The van der Waals surface area contributed by atoms with Crippen molar-refractivity contribution in [1.29, 1.82) is 0 Å². The van der Waals surface area contributed by atoms with Crippen LogP contribution < -0.4 is 5.32 Å². The maximum absolute atomic E-state index is 12.5. The van der Waals surface area contributed by atoms with E-state index in [1.54, 1.807) is 36.6 Å². The molecule has 0 fully saturated rings. The molecule has 7 heteroatoms. The molecule has 0 saturated carbocycles. The summed E-state index contributed by atoms with van der Waals surface area (Å²) in [6.07, 6.45) is 1.52. The maximum atomic E-state index is 12.5. The third-order valence-corrected chi connectivity index (χ3v) is 4.03. The predicted octanol–water partition coefficient (Wildman–Crippen LogP) is 1.66. The van der Waals surface area contributed by atoms with Gasteiger partial charge in [-0.05, 0) is 31.9 Å². The topological polar surface area (TPSA) is 96.6 Å². The van der Waals surface area contributed by atoms with Gasteiger partial charge >= 0.3 is 5.97 Å². The van der Waals surface area contributed by atoms with Crippen molar-refractivity contribution in [3.8, 4) is 0 Å². The highest BCUT2D eigenvalue weighted by atomic mass is 16.4. The van der Waals surface area contributed by atoms with Crippen molar-refractivity contribution in [2.45, 2.75) is 39.7 Å². The molecular formula is C15H20N4O3. The molecular weight excluding hydrogens is 284 g/mol. The first-order valence-electron chi connectivity index (χ1n) is 7.08. The van der Waals surface area contributed by atoms with E-state index in [0.717, 1.165) is 0 Å². The van der Waals surface area contributed by atoms with E-state index in [2.05, 4.69) is 15.5 Å². The number of aliphatic carboxylic acids is 1. The number of fused-ring (bicyclic) bond motifs is 1. The molecule has 0 saturated heterocycles. The Kier molecular flexibility index (Phi) is 4.16. The van der Waals surface area contributed by atoms with Crippen LogP contribution in [0.25, 0.3) is 5.65 Å². The smallest absolute Gasteiger partial charge is 0.305 e. The summed E-state index contributed by atoms with van der Waals surface area (Å²) in [6.45, 7) is 7.31. The van der Waals surface area contributed by atoms with Gasteiger partial charge in [-0.25, -0.2) is 0 Å². The van der Waals surface area contributed by atoms with E-state index in [1.807, 2.05) is 13.8 Å². The molecule has 118 valence electrons. The summed E-state index contributed by atoms with van der Waals surface area (Å²) in [5.74, 6) is -0.594. The fourth-order valence-corrected chi connectivity index (χ4v) is 2.18. The van der Waals surface area contributed by atoms with Gasteiger partial charge in [-0.3, -0.25) is 14.0 Å². The second-order valence-electron chi connectivity index (χ2n) is 5.99. The van der Waals surface area contributed by atoms with Crippen LogP contribution in [0.2, 0.25) is 0 Å². The van der Waals surface area contributed by atoms with E-state index in [1.165, 1.54) is 0 Å². The largest absolute Gasteiger partial charge is 0.481 e. The number of aryl methyl sites for hydroxylation is 1. The lowest BCUT2D eigenvalue weighted by atomic mass is 9.85. The van der Waals surface area contributed by atoms with Crippen LogP contribution in [-0.4, -0.2) is 37.1 Å². The lowest BCUT2D eigenvalue weighted by molar-refractivity contribution is -0.138. The second kappa shape index (κ2) is 5.75. The van der Waals surface area contributed by atoms with Gasteiger partial charge in [0.1, 0.15) is 5.82 Å². The zero-order valence-corrected chi connectivity index (χ0v) is 13.1. The van der Waals surface area contributed by atoms with Gasteiger partial charge in [0.05, 0.1) is 17.5 Å². The summed E-state index contributed by atoms with van der Waals surface area (Å²) in [7, 11) is 0. The van der Waals surface area contributed by atoms with Crippen molar-refractivity contribution in [3.63, 3.8) is 0 Å². The monoisotopic (exact) mass is 304 g/mol. The molecule has 2 N–H and O–H groups in total. The van der Waals surface area contributed by atoms with Crippen molar-refractivity contribution < 1.29 is 14.7 Å². The number of pyridine rings is 1. The molecule has 0 aliphatic rings.